The van der Waals surface area contributed by atoms with Crippen LogP contribution >= 0.6 is 11.6 Å². The summed E-state index contributed by atoms with van der Waals surface area (Å²) in [7, 11) is 0. The number of nitrogens with two attached hydrogens (primary N) is 1. The van der Waals surface area contributed by atoms with Crippen molar-refractivity contribution in [2.45, 2.75) is 45.3 Å². The third-order valence-electron chi connectivity index (χ3n) is 7.73. The molecular formula is C33H32ClFN4O2. The summed E-state index contributed by atoms with van der Waals surface area (Å²) >= 11 is 6.69. The third kappa shape index (κ3) is 6.46. The van der Waals surface area contributed by atoms with Gasteiger partial charge in [-0.15, -0.1) is 0 Å². The molecule has 0 bridgehead atoms. The first-order chi connectivity index (χ1) is 20.0. The Bertz CT molecular complexity index is 1650. The molecular weight excluding hydrogens is 539 g/mol. The Morgan fingerprint density at radius 1 is 0.976 bits per heavy atom. The Kier molecular flexibility index (Phi) is 8.05. The quantitative estimate of drug-likeness (QED) is 0.192. The normalized spacial score (nSPS) is 13.9. The Labute approximate surface area is 243 Å². The molecule has 0 atom stereocenters. The largest absolute Gasteiger partial charge is 0.487 e. The minimum absolute atomic E-state index is 0.240. The molecule has 41 heavy (non-hydrogen) atoms. The standard InChI is InChI=1S/C33H32ClFN4O2/c34-29-17-26(10-13-32(29)40-20-23-7-4-8-25(35)15-23)39(18-22-5-2-1-3-6-22)19-27-11-14-31(41-27)24-9-12-30-28(16-24)33(36)38-21-37-30/h4,7-17,21-22H,1-3,5-6,18-20H2,(H2,36,37,38). The van der Waals surface area contributed by atoms with E-state index >= 15 is 0 Å². The molecule has 1 fully saturated rings. The van der Waals surface area contributed by atoms with E-state index in [0.29, 0.717) is 29.1 Å². The van der Waals surface area contributed by atoms with E-state index in [1.807, 2.05) is 54.6 Å². The van der Waals surface area contributed by atoms with Gasteiger partial charge in [-0.1, -0.05) is 43.0 Å². The van der Waals surface area contributed by atoms with Gasteiger partial charge in [0.1, 0.15) is 41.8 Å². The number of furan rings is 1. The Morgan fingerprint density at radius 3 is 2.68 bits per heavy atom. The van der Waals surface area contributed by atoms with Crippen LogP contribution in [0.2, 0.25) is 5.02 Å². The number of rotatable bonds is 9. The minimum Gasteiger partial charge on any atom is -0.487 e. The van der Waals surface area contributed by atoms with Crippen LogP contribution in [-0.4, -0.2) is 16.5 Å². The lowest BCUT2D eigenvalue weighted by Gasteiger charge is -2.31. The Balaban J connectivity index is 1.22. The lowest BCUT2D eigenvalue weighted by molar-refractivity contribution is 0.305. The van der Waals surface area contributed by atoms with Gasteiger partial charge in [0.25, 0.3) is 0 Å². The molecule has 0 saturated heterocycles. The number of hydrogen-bond acceptors (Lipinski definition) is 6. The summed E-state index contributed by atoms with van der Waals surface area (Å²) < 4.78 is 25.8. The van der Waals surface area contributed by atoms with Crippen LogP contribution in [0.15, 0.2) is 83.5 Å². The molecule has 6 rings (SSSR count). The number of fused-ring (bicyclic) bond motifs is 1. The molecule has 2 N–H and O–H groups in total. The molecule has 3 aromatic carbocycles. The van der Waals surface area contributed by atoms with E-state index in [4.69, 9.17) is 26.5 Å². The summed E-state index contributed by atoms with van der Waals surface area (Å²) in [6.07, 6.45) is 7.77. The van der Waals surface area contributed by atoms with Gasteiger partial charge in [-0.25, -0.2) is 14.4 Å². The molecule has 210 valence electrons. The highest BCUT2D eigenvalue weighted by Gasteiger charge is 2.20. The van der Waals surface area contributed by atoms with Crippen LogP contribution in [-0.2, 0) is 13.2 Å². The summed E-state index contributed by atoms with van der Waals surface area (Å²) in [5.41, 5.74) is 9.56. The third-order valence-corrected chi connectivity index (χ3v) is 8.02. The maximum atomic E-state index is 13.6. The predicted octanol–water partition coefficient (Wildman–Crippen LogP) is 8.43. The molecule has 0 radical (unpaired) electrons. The van der Waals surface area contributed by atoms with Gasteiger partial charge in [0.05, 0.1) is 17.1 Å². The molecule has 1 saturated carbocycles. The van der Waals surface area contributed by atoms with Gasteiger partial charge in [0.15, 0.2) is 0 Å². The second kappa shape index (κ2) is 12.2. The first-order valence-corrected chi connectivity index (χ1v) is 14.4. The molecule has 2 aromatic heterocycles. The van der Waals surface area contributed by atoms with E-state index in [2.05, 4.69) is 14.9 Å². The molecule has 2 heterocycles. The maximum Gasteiger partial charge on any atom is 0.138 e. The van der Waals surface area contributed by atoms with Gasteiger partial charge in [-0.2, -0.15) is 0 Å². The van der Waals surface area contributed by atoms with Crippen molar-refractivity contribution in [1.82, 2.24) is 9.97 Å². The molecule has 0 aliphatic heterocycles. The van der Waals surface area contributed by atoms with Gasteiger partial charge in [0, 0.05) is 23.2 Å². The van der Waals surface area contributed by atoms with E-state index < -0.39 is 0 Å². The number of benzene rings is 3. The number of hydrogen-bond donors (Lipinski definition) is 1. The average Bonchev–Trinajstić information content (AvgIpc) is 3.45. The van der Waals surface area contributed by atoms with Crippen LogP contribution in [0.3, 0.4) is 0 Å². The van der Waals surface area contributed by atoms with Gasteiger partial charge < -0.3 is 19.8 Å². The lowest BCUT2D eigenvalue weighted by atomic mass is 9.89. The van der Waals surface area contributed by atoms with E-state index in [1.54, 1.807) is 6.07 Å². The number of anilines is 2. The first-order valence-electron chi connectivity index (χ1n) is 14.0. The highest BCUT2D eigenvalue weighted by atomic mass is 35.5. The van der Waals surface area contributed by atoms with Crippen LogP contribution in [0.1, 0.15) is 43.4 Å². The molecule has 8 heteroatoms. The number of halogens is 2. The lowest BCUT2D eigenvalue weighted by Crippen LogP contribution is -2.30. The SMILES string of the molecule is Nc1ncnc2ccc(-c3ccc(CN(CC4CCCCC4)c4ccc(OCc5cccc(F)c5)c(Cl)c4)o3)cc12. The minimum atomic E-state index is -0.286. The van der Waals surface area contributed by atoms with Crippen molar-refractivity contribution in [2.75, 3.05) is 17.2 Å². The Morgan fingerprint density at radius 2 is 1.85 bits per heavy atom. The van der Waals surface area contributed by atoms with Crippen LogP contribution in [0.25, 0.3) is 22.2 Å². The Hall–Kier alpha value is -4.10. The van der Waals surface area contributed by atoms with Crippen molar-refractivity contribution in [2.24, 2.45) is 5.92 Å². The fraction of sp³-hybridized carbons (Fsp3) is 0.273. The molecule has 1 aliphatic rings. The smallest absolute Gasteiger partial charge is 0.138 e. The van der Waals surface area contributed by atoms with Crippen molar-refractivity contribution in [3.63, 3.8) is 0 Å². The van der Waals surface area contributed by atoms with Gasteiger partial charge in [-0.3, -0.25) is 0 Å². The highest BCUT2D eigenvalue weighted by molar-refractivity contribution is 6.32. The number of nitrogens with zero attached hydrogens (tertiary/aromatic N) is 3. The molecule has 0 unspecified atom stereocenters. The van der Waals surface area contributed by atoms with Crippen molar-refractivity contribution in [3.05, 3.63) is 101 Å². The second-order valence-electron chi connectivity index (χ2n) is 10.7. The van der Waals surface area contributed by atoms with Gasteiger partial charge >= 0.3 is 0 Å². The zero-order valence-corrected chi connectivity index (χ0v) is 23.5. The summed E-state index contributed by atoms with van der Waals surface area (Å²) in [6.45, 7) is 1.76. The predicted molar refractivity (Wildman–Crippen MR) is 161 cm³/mol. The van der Waals surface area contributed by atoms with Crippen molar-refractivity contribution in [3.8, 4) is 17.1 Å². The second-order valence-corrected chi connectivity index (χ2v) is 11.1. The number of ether oxygens (including phenoxy) is 1. The topological polar surface area (TPSA) is 77.4 Å². The molecule has 1 aliphatic carbocycles. The van der Waals surface area contributed by atoms with Gasteiger partial charge in [0.2, 0.25) is 0 Å². The number of aromatic nitrogens is 2. The fourth-order valence-corrected chi connectivity index (χ4v) is 5.80. The fourth-order valence-electron chi connectivity index (χ4n) is 5.57. The van der Waals surface area contributed by atoms with E-state index in [0.717, 1.165) is 45.8 Å². The van der Waals surface area contributed by atoms with Crippen molar-refractivity contribution < 1.29 is 13.5 Å². The molecule has 0 spiro atoms. The van der Waals surface area contributed by atoms with Crippen LogP contribution in [0.5, 0.6) is 5.75 Å². The maximum absolute atomic E-state index is 13.6. The van der Waals surface area contributed by atoms with E-state index in [-0.39, 0.29) is 12.4 Å². The summed E-state index contributed by atoms with van der Waals surface area (Å²) in [6, 6.07) is 22.2. The highest BCUT2D eigenvalue weighted by Crippen LogP contribution is 2.34. The first kappa shape index (κ1) is 27.1. The monoisotopic (exact) mass is 570 g/mol. The van der Waals surface area contributed by atoms with Crippen LogP contribution < -0.4 is 15.4 Å². The number of nitrogen functional groups attached to an aromatic ring is 1. The molecule has 6 nitrogen and oxygen atoms in total. The van der Waals surface area contributed by atoms with E-state index in [1.165, 1.54) is 50.6 Å². The van der Waals surface area contributed by atoms with Crippen molar-refractivity contribution >= 4 is 34.0 Å². The zero-order chi connectivity index (χ0) is 28.2. The summed E-state index contributed by atoms with van der Waals surface area (Å²) in [5.74, 6) is 2.97. The van der Waals surface area contributed by atoms with Crippen LogP contribution in [0.4, 0.5) is 15.9 Å². The zero-order valence-electron chi connectivity index (χ0n) is 22.7. The average molecular weight is 571 g/mol. The van der Waals surface area contributed by atoms with E-state index in [9.17, 15) is 4.39 Å². The molecule has 0 amide bonds. The summed E-state index contributed by atoms with van der Waals surface area (Å²) in [4.78, 5) is 10.7. The van der Waals surface area contributed by atoms with Gasteiger partial charge in [-0.05, 0) is 85.0 Å². The summed E-state index contributed by atoms with van der Waals surface area (Å²) in [5, 5.41) is 1.32. The van der Waals surface area contributed by atoms with Crippen molar-refractivity contribution in [1.29, 1.82) is 0 Å². The molecule has 5 aromatic rings. The van der Waals surface area contributed by atoms with Crippen LogP contribution in [0, 0.1) is 11.7 Å².